The van der Waals surface area contributed by atoms with Crippen LogP contribution in [-0.4, -0.2) is 58.7 Å². The zero-order valence-corrected chi connectivity index (χ0v) is 32.0. The molecule has 0 saturated carbocycles. The van der Waals surface area contributed by atoms with Gasteiger partial charge in [-0.15, -0.1) is 0 Å². The number of hydrogen-bond acceptors (Lipinski definition) is 9. The van der Waals surface area contributed by atoms with E-state index in [1.165, 1.54) is 0 Å². The topological polar surface area (TPSA) is 168 Å². The van der Waals surface area contributed by atoms with Crippen LogP contribution in [0.5, 0.6) is 5.75 Å². The fraction of sp³-hybridized carbons (Fsp3) is 0.317. The minimum absolute atomic E-state index is 0. The summed E-state index contributed by atoms with van der Waals surface area (Å²) in [5, 5.41) is 21.5. The summed E-state index contributed by atoms with van der Waals surface area (Å²) < 4.78 is 20.4. The van der Waals surface area contributed by atoms with Crippen LogP contribution in [0.3, 0.4) is 0 Å². The molecule has 0 aliphatic carbocycles. The maximum atomic E-state index is 14.2. The number of benzene rings is 3. The molecule has 16 heteroatoms. The molecule has 5 atom stereocenters. The molecule has 6 aromatic rings. The molecule has 10 rings (SSSR count). The van der Waals surface area contributed by atoms with Crippen molar-refractivity contribution in [2.24, 2.45) is 11.8 Å². The summed E-state index contributed by atoms with van der Waals surface area (Å²) in [7, 11) is 0. The van der Waals surface area contributed by atoms with Gasteiger partial charge in [-0.05, 0) is 35.1 Å². The number of rotatable bonds is 4. The molecule has 3 radical (unpaired) electrons. The molecular formula is C41H43BCl2FN6O6. The van der Waals surface area contributed by atoms with Crippen molar-refractivity contribution in [1.82, 2.24) is 25.6 Å². The van der Waals surface area contributed by atoms with Gasteiger partial charge < -0.3 is 39.6 Å². The van der Waals surface area contributed by atoms with Crippen molar-refractivity contribution < 1.29 is 35.8 Å². The summed E-state index contributed by atoms with van der Waals surface area (Å²) >= 11 is 13.9. The smallest absolute Gasteiger partial charge is 0.250 e. The van der Waals surface area contributed by atoms with Gasteiger partial charge >= 0.3 is 0 Å². The second-order valence-corrected chi connectivity index (χ2v) is 15.8. The van der Waals surface area contributed by atoms with E-state index < -0.39 is 41.6 Å². The summed E-state index contributed by atoms with van der Waals surface area (Å²) in [6.45, 7) is 7.36. The third kappa shape index (κ3) is 5.51. The van der Waals surface area contributed by atoms with Crippen LogP contribution in [0.4, 0.5) is 10.4 Å². The highest BCUT2D eigenvalue weighted by molar-refractivity contribution is 6.37. The molecule has 3 aromatic heterocycles. The van der Waals surface area contributed by atoms with E-state index in [-0.39, 0.29) is 70.0 Å². The van der Waals surface area contributed by atoms with Gasteiger partial charge in [0.2, 0.25) is 17.7 Å². The molecule has 0 fully saturated rings. The number of H-pyrrole nitrogens is 1. The van der Waals surface area contributed by atoms with E-state index in [0.717, 1.165) is 44.4 Å². The van der Waals surface area contributed by atoms with Gasteiger partial charge in [0.25, 0.3) is 5.89 Å². The largest absolute Gasteiger partial charge is 0.469 e. The first-order valence-corrected chi connectivity index (χ1v) is 18.7. The standard InChI is InChI=1S/C40H34Cl2N6O6.CH4.B.FH.2H2/c1-15(2)27-37-46-29-32(54-37)40-20-9-5-8-19(18-7-6-10-22-25(18)26(33(41)43-22)31-34(42)48-38(29)53-31)28(20)47-39(40)52-24-12-11-17(13-21(24)40)14-23(35(50)45-27)44-36(51)30(49)16(3)4;;;;;/h5-13,15-16,23,27,30,39,43,47,49H,14H2,1-4H3,(H,44,51)(H,45,50);1H4;;3*1H/t23?,27-,30-,39?,40-;;;;;/m0...../s1/i;;;;1+1;. The van der Waals surface area contributed by atoms with Crippen LogP contribution in [-0.2, 0) is 21.4 Å². The lowest BCUT2D eigenvalue weighted by molar-refractivity contribution is -0.135. The molecule has 2 amide bonds. The molecule has 2 unspecified atom stereocenters. The lowest BCUT2D eigenvalue weighted by Crippen LogP contribution is -2.52. The molecule has 297 valence electrons. The average molecular weight is 818 g/mol. The number of halogens is 3. The number of ether oxygens (including phenoxy) is 1. The number of aliphatic hydroxyl groups excluding tert-OH is 1. The number of carbonyl (C=O) groups excluding carboxylic acids is 2. The van der Waals surface area contributed by atoms with E-state index in [1.807, 2.05) is 62.4 Å². The number of nitrogens with one attached hydrogen (secondary N) is 4. The quantitative estimate of drug-likeness (QED) is 0.111. The number of nitrogens with zero attached hydrogens (tertiary/aromatic N) is 2. The number of amides is 2. The Morgan fingerprint density at radius 3 is 2.54 bits per heavy atom. The van der Waals surface area contributed by atoms with Crippen LogP contribution in [0.1, 0.15) is 72.4 Å². The second kappa shape index (κ2) is 14.0. The lowest BCUT2D eigenvalue weighted by Gasteiger charge is -2.29. The maximum Gasteiger partial charge on any atom is 0.250 e. The molecule has 4 aliphatic rings. The third-order valence-corrected chi connectivity index (χ3v) is 11.7. The minimum Gasteiger partial charge on any atom is -0.469 e. The molecule has 3 aromatic carbocycles. The van der Waals surface area contributed by atoms with E-state index in [1.54, 1.807) is 13.8 Å². The van der Waals surface area contributed by atoms with Crippen molar-refractivity contribution in [3.63, 3.8) is 0 Å². The molecular weight excluding hydrogens is 773 g/mol. The Balaban J connectivity index is 0.00000132. The van der Waals surface area contributed by atoms with Gasteiger partial charge in [-0.3, -0.25) is 14.3 Å². The van der Waals surface area contributed by atoms with E-state index in [9.17, 15) is 14.7 Å². The molecule has 12 nitrogen and oxygen atoms in total. The minimum atomic E-state index is -1.30. The van der Waals surface area contributed by atoms with Crippen LogP contribution in [0, 0.1) is 11.8 Å². The molecule has 57 heavy (non-hydrogen) atoms. The normalized spacial score (nSPS) is 21.1. The summed E-state index contributed by atoms with van der Waals surface area (Å²) in [5.74, 6) is -0.0970. The number of aromatic amines is 1. The number of anilines is 1. The highest BCUT2D eigenvalue weighted by Crippen LogP contribution is 2.62. The lowest BCUT2D eigenvalue weighted by atomic mass is 9.72. The number of carbonyl (C=O) groups is 2. The number of hydrogen-bond donors (Lipinski definition) is 5. The van der Waals surface area contributed by atoms with E-state index in [4.69, 9.17) is 46.7 Å². The number of aliphatic hydroxyl groups is 1. The molecule has 5 N–H and O–H groups in total. The van der Waals surface area contributed by atoms with Crippen molar-refractivity contribution in [3.05, 3.63) is 93.2 Å². The molecule has 10 bridgehead atoms. The van der Waals surface area contributed by atoms with Crippen molar-refractivity contribution >= 4 is 60.0 Å². The number of para-hydroxylation sites is 1. The average Bonchev–Trinajstić information content (AvgIpc) is 3.94. The zero-order valence-electron chi connectivity index (χ0n) is 30.5. The molecule has 7 heterocycles. The van der Waals surface area contributed by atoms with Crippen molar-refractivity contribution in [2.45, 2.75) is 71.4 Å². The van der Waals surface area contributed by atoms with Crippen molar-refractivity contribution in [1.29, 1.82) is 0 Å². The van der Waals surface area contributed by atoms with Gasteiger partial charge in [0.05, 0.1) is 5.56 Å². The van der Waals surface area contributed by atoms with Gasteiger partial charge in [-0.25, -0.2) is 4.98 Å². The first-order valence-electron chi connectivity index (χ1n) is 17.9. The Morgan fingerprint density at radius 1 is 1.04 bits per heavy atom. The van der Waals surface area contributed by atoms with Gasteiger partial charge in [0.1, 0.15) is 34.5 Å². The summed E-state index contributed by atoms with van der Waals surface area (Å²) in [4.78, 5) is 40.5. The predicted molar refractivity (Wildman–Crippen MR) is 221 cm³/mol. The highest BCUT2D eigenvalue weighted by atomic mass is 35.5. The van der Waals surface area contributed by atoms with Crippen LogP contribution >= 0.6 is 23.2 Å². The van der Waals surface area contributed by atoms with E-state index in [0.29, 0.717) is 22.2 Å². The van der Waals surface area contributed by atoms with Crippen LogP contribution in [0.25, 0.3) is 44.9 Å². The SMILES string of the molecule is C.CC(C)[C@H](O)C(=O)NC1Cc2ccc3c(c2)[C@]24c5cccc(c5NC2O3)-c2cccc3[nH]c(Cl)c(c23)-c2oc(nc2Cl)-c2nc(oc24)[C@H](C(C)C)NC1=O.F.[2HH].[B].[HH]. The number of fused-ring (bicyclic) bond motifs is 7. The Kier molecular flexibility index (Phi) is 9.78. The monoisotopic (exact) mass is 816 g/mol. The van der Waals surface area contributed by atoms with Crippen LogP contribution in [0.15, 0.2) is 63.4 Å². The molecule has 0 saturated heterocycles. The Hall–Kier alpha value is -5.31. The fourth-order valence-electron chi connectivity index (χ4n) is 8.52. The summed E-state index contributed by atoms with van der Waals surface area (Å²) in [6, 6.07) is 16.0. The van der Waals surface area contributed by atoms with E-state index >= 15 is 0 Å². The molecule has 4 aliphatic heterocycles. The van der Waals surface area contributed by atoms with Crippen molar-refractivity contribution in [2.75, 3.05) is 5.32 Å². The number of oxazole rings is 2. The van der Waals surface area contributed by atoms with E-state index in [2.05, 4.69) is 27.0 Å². The second-order valence-electron chi connectivity index (χ2n) is 15.1. The van der Waals surface area contributed by atoms with Crippen LogP contribution < -0.4 is 20.7 Å². The number of aromatic nitrogens is 3. The fourth-order valence-corrected chi connectivity index (χ4v) is 9.01. The Labute approximate surface area is 342 Å². The highest BCUT2D eigenvalue weighted by Gasteiger charge is 2.61. The Morgan fingerprint density at radius 2 is 1.79 bits per heavy atom. The first-order chi connectivity index (χ1) is 25.9. The first kappa shape index (κ1) is 39.9. The van der Waals surface area contributed by atoms with Gasteiger partial charge in [-0.2, -0.15) is 4.98 Å². The van der Waals surface area contributed by atoms with Crippen LogP contribution in [0.2, 0.25) is 10.3 Å². The molecule has 1 spiro atoms. The third-order valence-electron chi connectivity index (χ3n) is 11.2. The zero-order chi connectivity index (χ0) is 37.4. The van der Waals surface area contributed by atoms with Gasteiger partial charge in [0.15, 0.2) is 28.6 Å². The van der Waals surface area contributed by atoms with Gasteiger partial charge in [-0.1, -0.05) is 101 Å². The predicted octanol–water partition coefficient (Wildman–Crippen LogP) is 8.01. The summed E-state index contributed by atoms with van der Waals surface area (Å²) in [5.41, 5.74) is 5.49. The van der Waals surface area contributed by atoms with Gasteiger partial charge in [0, 0.05) is 51.0 Å². The maximum absolute atomic E-state index is 14.2. The van der Waals surface area contributed by atoms with Crippen molar-refractivity contribution in [3.8, 4) is 39.8 Å². The summed E-state index contributed by atoms with van der Waals surface area (Å²) in [6.07, 6.45) is -1.87. The Bertz CT molecular complexity index is 2620.